The molecule has 0 spiro atoms. The first kappa shape index (κ1) is 24.4. The molecule has 0 unspecified atom stereocenters. The van der Waals surface area contributed by atoms with Crippen LogP contribution < -0.4 is 10.6 Å². The Hall–Kier alpha value is -4.58. The molecule has 0 atom stereocenters. The maximum atomic E-state index is 11.5. The van der Waals surface area contributed by atoms with Gasteiger partial charge >= 0.3 is 0 Å². The summed E-state index contributed by atoms with van der Waals surface area (Å²) in [5.74, 6) is 39.5. The second-order valence-corrected chi connectivity index (χ2v) is 4.87. The second kappa shape index (κ2) is 21.5. The molecule has 0 aromatic carbocycles. The quantitative estimate of drug-likeness (QED) is 0.366. The first-order valence-electron chi connectivity index (χ1n) is 8.69. The van der Waals surface area contributed by atoms with Gasteiger partial charge in [0.1, 0.15) is 0 Å². The third-order valence-corrected chi connectivity index (χ3v) is 2.73. The second-order valence-electron chi connectivity index (χ2n) is 4.87. The number of amides is 2. The third-order valence-electron chi connectivity index (χ3n) is 2.73. The van der Waals surface area contributed by atoms with E-state index in [1.807, 2.05) is 0 Å². The number of unbranched alkanes of at least 4 members (excludes halogenated alkanes) is 3. The van der Waals surface area contributed by atoms with Gasteiger partial charge in [-0.25, -0.2) is 0 Å². The topological polar surface area (TPSA) is 58.2 Å². The molecule has 0 saturated carbocycles. The SMILES string of the molecule is CC#CC#CC#CC#CC#CC#CC#CC#CC(=O)NCCCCCCNC=O. The Morgan fingerprint density at radius 2 is 1.10 bits per heavy atom. The van der Waals surface area contributed by atoms with Crippen LogP contribution in [0.4, 0.5) is 0 Å². The van der Waals surface area contributed by atoms with Gasteiger partial charge in [0.05, 0.1) is 0 Å². The zero-order chi connectivity index (χ0) is 21.3. The molecule has 0 aliphatic carbocycles. The number of carbonyl (C=O) groups excluding carboxylic acids is 2. The lowest BCUT2D eigenvalue weighted by Crippen LogP contribution is -2.22. The summed E-state index contributed by atoms with van der Waals surface area (Å²) in [6.45, 7) is 2.93. The van der Waals surface area contributed by atoms with Crippen molar-refractivity contribution in [3.63, 3.8) is 0 Å². The highest BCUT2D eigenvalue weighted by Crippen LogP contribution is 1.97. The zero-order valence-corrected chi connectivity index (χ0v) is 16.1. The summed E-state index contributed by atoms with van der Waals surface area (Å²) in [7, 11) is 0. The predicted octanol–water partition coefficient (Wildman–Crippen LogP) is 0.456. The lowest BCUT2D eigenvalue weighted by Gasteiger charge is -2.01. The minimum absolute atomic E-state index is 0.377. The fraction of sp³-hybridized carbons (Fsp3) is 0.280. The Morgan fingerprint density at radius 3 is 1.59 bits per heavy atom. The molecule has 0 fully saturated rings. The summed E-state index contributed by atoms with van der Waals surface area (Å²) < 4.78 is 0. The van der Waals surface area contributed by atoms with Crippen LogP contribution in [0.15, 0.2) is 0 Å². The van der Waals surface area contributed by atoms with Crippen molar-refractivity contribution in [1.82, 2.24) is 10.6 Å². The Labute approximate surface area is 173 Å². The summed E-state index contributed by atoms with van der Waals surface area (Å²) in [6, 6.07) is 0. The van der Waals surface area contributed by atoms with Gasteiger partial charge in [-0.2, -0.15) is 0 Å². The largest absolute Gasteiger partial charge is 0.359 e. The maximum absolute atomic E-state index is 11.5. The van der Waals surface area contributed by atoms with E-state index in [9.17, 15) is 9.59 Å². The molecule has 0 saturated heterocycles. The van der Waals surface area contributed by atoms with Crippen molar-refractivity contribution in [2.75, 3.05) is 13.1 Å². The van der Waals surface area contributed by atoms with Crippen LogP contribution in [-0.2, 0) is 9.59 Å². The molecule has 0 aromatic heterocycles. The molecule has 2 N–H and O–H groups in total. The molecular weight excluding hydrogens is 360 g/mol. The number of nitrogens with one attached hydrogen (secondary N) is 2. The summed E-state index contributed by atoms with van der Waals surface area (Å²) in [6.07, 6.45) is 4.45. The Morgan fingerprint density at radius 1 is 0.655 bits per heavy atom. The van der Waals surface area contributed by atoms with E-state index >= 15 is 0 Å². The molecule has 0 bridgehead atoms. The molecule has 0 heterocycles. The lowest BCUT2D eigenvalue weighted by atomic mass is 10.2. The van der Waals surface area contributed by atoms with E-state index in [4.69, 9.17) is 0 Å². The van der Waals surface area contributed by atoms with Crippen LogP contribution in [0.3, 0.4) is 0 Å². The molecule has 0 rings (SSSR count). The molecule has 4 heteroatoms. The average Bonchev–Trinajstić information content (AvgIpc) is 2.72. The minimum atomic E-state index is -0.377. The number of carbonyl (C=O) groups is 2. The highest BCUT2D eigenvalue weighted by molar-refractivity contribution is 5.94. The number of hydrogen-bond acceptors (Lipinski definition) is 2. The van der Waals surface area contributed by atoms with Gasteiger partial charge in [0, 0.05) is 19.0 Å². The van der Waals surface area contributed by atoms with Crippen LogP contribution in [0.25, 0.3) is 0 Å². The highest BCUT2D eigenvalue weighted by atomic mass is 16.1. The summed E-state index contributed by atoms with van der Waals surface area (Å²) >= 11 is 0. The van der Waals surface area contributed by atoms with E-state index in [2.05, 4.69) is 105 Å². The Bertz CT molecular complexity index is 1050. The van der Waals surface area contributed by atoms with Crippen molar-refractivity contribution in [3.8, 4) is 94.7 Å². The smallest absolute Gasteiger partial charge is 0.296 e. The van der Waals surface area contributed by atoms with Crippen molar-refractivity contribution in [2.24, 2.45) is 0 Å². The van der Waals surface area contributed by atoms with Crippen molar-refractivity contribution in [2.45, 2.75) is 32.6 Å². The monoisotopic (exact) mass is 378 g/mol. The molecule has 29 heavy (non-hydrogen) atoms. The first-order valence-corrected chi connectivity index (χ1v) is 8.69. The summed E-state index contributed by atoms with van der Waals surface area (Å²) in [5.41, 5.74) is 0. The van der Waals surface area contributed by atoms with Crippen LogP contribution in [0, 0.1) is 94.7 Å². The fourth-order valence-corrected chi connectivity index (χ4v) is 1.54. The zero-order valence-electron chi connectivity index (χ0n) is 16.1. The van der Waals surface area contributed by atoms with Crippen molar-refractivity contribution in [1.29, 1.82) is 0 Å². The van der Waals surface area contributed by atoms with Crippen molar-refractivity contribution < 1.29 is 9.59 Å². The number of hydrogen-bond donors (Lipinski definition) is 2. The maximum Gasteiger partial charge on any atom is 0.296 e. The van der Waals surface area contributed by atoms with E-state index in [1.54, 1.807) is 6.92 Å². The van der Waals surface area contributed by atoms with E-state index in [-0.39, 0.29) is 5.91 Å². The van der Waals surface area contributed by atoms with Gasteiger partial charge in [-0.3, -0.25) is 9.59 Å². The highest BCUT2D eigenvalue weighted by Gasteiger charge is 1.94. The Kier molecular flexibility index (Phi) is 18.1. The molecule has 4 nitrogen and oxygen atoms in total. The van der Waals surface area contributed by atoms with Crippen LogP contribution in [0.5, 0.6) is 0 Å². The van der Waals surface area contributed by atoms with Crippen molar-refractivity contribution in [3.05, 3.63) is 0 Å². The van der Waals surface area contributed by atoms with E-state index < -0.39 is 0 Å². The molecular formula is C25H18N2O2. The van der Waals surface area contributed by atoms with Gasteiger partial charge in [0.15, 0.2) is 0 Å². The normalized spacial score (nSPS) is 6.38. The average molecular weight is 378 g/mol. The molecule has 0 aliphatic heterocycles. The first-order chi connectivity index (χ1) is 14.3. The van der Waals surface area contributed by atoms with E-state index in [0.717, 1.165) is 25.7 Å². The Balaban J connectivity index is 4.04. The van der Waals surface area contributed by atoms with Crippen LogP contribution in [0.1, 0.15) is 32.6 Å². The summed E-state index contributed by atoms with van der Waals surface area (Å²) in [5, 5.41) is 5.29. The lowest BCUT2D eigenvalue weighted by molar-refractivity contribution is -0.115. The van der Waals surface area contributed by atoms with Gasteiger partial charge in [0.25, 0.3) is 5.91 Å². The molecule has 0 radical (unpaired) electrons. The summed E-state index contributed by atoms with van der Waals surface area (Å²) in [4.78, 5) is 21.5. The predicted molar refractivity (Wildman–Crippen MR) is 113 cm³/mol. The van der Waals surface area contributed by atoms with Gasteiger partial charge in [-0.15, -0.1) is 0 Å². The van der Waals surface area contributed by atoms with E-state index in [0.29, 0.717) is 19.5 Å². The van der Waals surface area contributed by atoms with E-state index in [1.165, 1.54) is 0 Å². The van der Waals surface area contributed by atoms with Gasteiger partial charge in [0.2, 0.25) is 6.41 Å². The molecule has 140 valence electrons. The van der Waals surface area contributed by atoms with Gasteiger partial charge in [-0.1, -0.05) is 18.8 Å². The molecule has 2 amide bonds. The third kappa shape index (κ3) is 21.4. The van der Waals surface area contributed by atoms with Crippen LogP contribution >= 0.6 is 0 Å². The molecule has 0 aliphatic rings. The van der Waals surface area contributed by atoms with Crippen molar-refractivity contribution >= 4 is 12.3 Å². The van der Waals surface area contributed by atoms with Crippen LogP contribution in [0.2, 0.25) is 0 Å². The fourth-order valence-electron chi connectivity index (χ4n) is 1.54. The standard InChI is InChI=1S/C25H18N2O2/c1-2-3-4-5-6-7-8-9-10-11-12-13-14-15-18-21-25(29)27-23-20-17-16-19-22-26-24-28/h24H,16-17,19-20,22-23H2,1H3,(H,26,28)(H,27,29). The van der Waals surface area contributed by atoms with Gasteiger partial charge < -0.3 is 10.6 Å². The van der Waals surface area contributed by atoms with Crippen LogP contribution in [-0.4, -0.2) is 25.4 Å². The van der Waals surface area contributed by atoms with Gasteiger partial charge in [-0.05, 0) is 103 Å². The molecule has 0 aromatic rings. The minimum Gasteiger partial charge on any atom is -0.359 e. The number of rotatable bonds is 8.